The van der Waals surface area contributed by atoms with Crippen molar-refractivity contribution in [2.45, 2.75) is 223 Å². The SMILES string of the molecule is CC[C@H](C)[C@@H]1NC(=O)[C@H](CC(C)C)N(C)C(=O)C[C@@H](C)NC(=O)[C@H](C(C)C)N(C)C(=O)C2(CC2)NC(=O)[C@@H]2CCCN2C(=O)[C@H](CCC2CCC(C(F)(F)F)C(Cl)C2)NC(=O)CN(C)C(=O)[C@H](CC2CCCCC2)N(C)C(=O)CN(C)C(=O)CN(C)C1=O. The summed E-state index contributed by atoms with van der Waals surface area (Å²) in [5, 5.41) is 10.2. The maximum absolute atomic E-state index is 14.9. The second-order valence-electron chi connectivity index (χ2n) is 26.9. The van der Waals surface area contributed by atoms with E-state index in [9.17, 15) is 65.9 Å². The van der Waals surface area contributed by atoms with Gasteiger partial charge in [0, 0.05) is 66.7 Å². The Hall–Kier alpha value is -5.75. The number of hydrogen-bond acceptors (Lipinski definition) is 11. The van der Waals surface area contributed by atoms with Crippen LogP contribution in [0, 0.1) is 35.5 Å². The molecule has 2 saturated heterocycles. The van der Waals surface area contributed by atoms with E-state index in [-0.39, 0.29) is 94.9 Å². The van der Waals surface area contributed by atoms with E-state index in [0.717, 1.165) is 46.8 Å². The first kappa shape index (κ1) is 73.0. The van der Waals surface area contributed by atoms with E-state index in [1.807, 2.05) is 20.8 Å². The molecular weight excluding hydrogens is 1170 g/mol. The molecular formula is C62H101ClF3N11O11. The van der Waals surface area contributed by atoms with E-state index in [1.165, 1.54) is 61.9 Å². The number of likely N-dealkylation sites (N-methyl/N-ethyl adjacent to an activating group) is 6. The first-order valence-electron chi connectivity index (χ1n) is 31.9. The third-order valence-corrected chi connectivity index (χ3v) is 19.5. The number of alkyl halides is 4. The number of hydrogen-bond donors (Lipinski definition) is 4. The molecule has 0 aromatic rings. The van der Waals surface area contributed by atoms with Gasteiger partial charge in [0.1, 0.15) is 41.8 Å². The molecule has 4 N–H and O–H groups in total. The maximum atomic E-state index is 14.9. The van der Waals surface area contributed by atoms with Gasteiger partial charge in [0.2, 0.25) is 65.0 Å². The van der Waals surface area contributed by atoms with Gasteiger partial charge in [-0.2, -0.15) is 13.2 Å². The fourth-order valence-electron chi connectivity index (χ4n) is 13.2. The summed E-state index contributed by atoms with van der Waals surface area (Å²) >= 11 is 6.33. The summed E-state index contributed by atoms with van der Waals surface area (Å²) in [5.74, 6) is -9.62. The minimum absolute atomic E-state index is 0.0146. The monoisotopic (exact) mass is 1270 g/mol. The van der Waals surface area contributed by atoms with Crippen molar-refractivity contribution in [3.63, 3.8) is 0 Å². The summed E-state index contributed by atoms with van der Waals surface area (Å²) in [6, 6.07) is -7.54. The lowest BCUT2D eigenvalue weighted by Crippen LogP contribution is -2.60. The van der Waals surface area contributed by atoms with Crippen LogP contribution < -0.4 is 21.3 Å². The van der Waals surface area contributed by atoms with Gasteiger partial charge in [0.25, 0.3) is 0 Å². The predicted molar refractivity (Wildman–Crippen MR) is 324 cm³/mol. The average molecular weight is 1270 g/mol. The van der Waals surface area contributed by atoms with E-state index in [0.29, 0.717) is 12.8 Å². The van der Waals surface area contributed by atoms with Crippen molar-refractivity contribution in [3.8, 4) is 0 Å². The number of nitrogens with zero attached hydrogens (tertiary/aromatic N) is 7. The quantitative estimate of drug-likeness (QED) is 0.222. The third-order valence-electron chi connectivity index (χ3n) is 19.0. The summed E-state index contributed by atoms with van der Waals surface area (Å²) in [6.07, 6.45) is 1.77. The molecule has 0 aromatic carbocycles. The van der Waals surface area contributed by atoms with Crippen LogP contribution in [0.3, 0.4) is 0 Å². The van der Waals surface area contributed by atoms with Crippen LogP contribution in [-0.4, -0.2) is 227 Å². The number of carbonyl (C=O) groups is 11. The molecule has 5 fully saturated rings. The van der Waals surface area contributed by atoms with Gasteiger partial charge >= 0.3 is 6.18 Å². The van der Waals surface area contributed by atoms with Crippen LogP contribution in [0.25, 0.3) is 0 Å². The zero-order chi connectivity index (χ0) is 65.9. The zero-order valence-corrected chi connectivity index (χ0v) is 55.0. The van der Waals surface area contributed by atoms with Crippen molar-refractivity contribution in [3.05, 3.63) is 0 Å². The third kappa shape index (κ3) is 19.1. The Morgan fingerprint density at radius 2 is 1.24 bits per heavy atom. The standard InChI is InChI=1S/C62H101ClF3N11O11/c1-14-38(6)52-59(87)73(10)34-50(80)71(8)35-51(81)75(12)47(32-40-19-16-15-17-20-40)58(86)72(9)33-48(78)68-44(25-23-41-22-24-42(43(63)31-41)62(64,65)66)57(85)77-28-18-21-45(77)55(83)70-61(26-27-61)60(88)76(13)53(37(4)5)56(84)67-39(7)30-49(79)74(11)46(29-36(2)3)54(82)69-52/h36-47,52-53H,14-35H2,1-13H3,(H,67,84)(H,68,78)(H,69,82)(H,70,83)/t38-,39+,41?,42?,43?,44-,45-,46-,47-,52-,53-/m0/s1. The largest absolute Gasteiger partial charge is 0.393 e. The van der Waals surface area contributed by atoms with Gasteiger partial charge in [-0.15, -0.1) is 11.6 Å². The Labute approximate surface area is 523 Å². The molecule has 2 heterocycles. The summed E-state index contributed by atoms with van der Waals surface area (Å²) < 4.78 is 41.6. The highest BCUT2D eigenvalue weighted by Crippen LogP contribution is 2.44. The number of fused-ring (bicyclic) bond motifs is 1. The number of carbonyl (C=O) groups excluding carboxylic acids is 11. The molecule has 22 nitrogen and oxygen atoms in total. The van der Waals surface area contributed by atoms with Gasteiger partial charge < -0.3 is 55.6 Å². The van der Waals surface area contributed by atoms with Crippen LogP contribution >= 0.6 is 11.6 Å². The smallest absolute Gasteiger partial charge is 0.351 e. The van der Waals surface area contributed by atoms with E-state index >= 15 is 0 Å². The van der Waals surface area contributed by atoms with Crippen molar-refractivity contribution in [1.82, 2.24) is 55.6 Å². The minimum Gasteiger partial charge on any atom is -0.351 e. The number of nitrogens with one attached hydrogen (secondary N) is 4. The summed E-state index contributed by atoms with van der Waals surface area (Å²) in [4.78, 5) is 167. The van der Waals surface area contributed by atoms with E-state index in [4.69, 9.17) is 11.6 Å². The maximum Gasteiger partial charge on any atom is 0.393 e. The van der Waals surface area contributed by atoms with E-state index in [1.54, 1.807) is 27.7 Å². The van der Waals surface area contributed by atoms with Crippen molar-refractivity contribution >= 4 is 76.6 Å². The first-order chi connectivity index (χ1) is 41.1. The molecule has 3 unspecified atom stereocenters. The van der Waals surface area contributed by atoms with Crippen molar-refractivity contribution < 1.29 is 65.9 Å². The van der Waals surface area contributed by atoms with Crippen LogP contribution in [0.5, 0.6) is 0 Å². The van der Waals surface area contributed by atoms with Crippen molar-refractivity contribution in [1.29, 1.82) is 0 Å². The van der Waals surface area contributed by atoms with Crippen molar-refractivity contribution in [2.75, 3.05) is 68.5 Å². The summed E-state index contributed by atoms with van der Waals surface area (Å²) in [5.41, 5.74) is -1.42. The van der Waals surface area contributed by atoms with Crippen LogP contribution in [0.15, 0.2) is 0 Å². The van der Waals surface area contributed by atoms with Crippen molar-refractivity contribution in [2.24, 2.45) is 35.5 Å². The van der Waals surface area contributed by atoms with Gasteiger partial charge in [0.15, 0.2) is 0 Å². The molecule has 88 heavy (non-hydrogen) atoms. The van der Waals surface area contributed by atoms with Gasteiger partial charge in [-0.05, 0) is 107 Å². The minimum atomic E-state index is -4.49. The molecule has 11 atom stereocenters. The molecule has 26 heteroatoms. The van der Waals surface area contributed by atoms with Crippen LogP contribution in [0.1, 0.15) is 164 Å². The second kappa shape index (κ2) is 31.8. The first-order valence-corrected chi connectivity index (χ1v) is 32.3. The molecule has 1 spiro atoms. The molecule has 11 amide bonds. The average Bonchev–Trinajstić information content (AvgIpc) is 3.21. The summed E-state index contributed by atoms with van der Waals surface area (Å²) in [7, 11) is 8.57. The molecule has 5 rings (SSSR count). The van der Waals surface area contributed by atoms with Gasteiger partial charge in [0.05, 0.1) is 25.6 Å². The van der Waals surface area contributed by atoms with Gasteiger partial charge in [-0.25, -0.2) is 0 Å². The Morgan fingerprint density at radius 3 is 1.82 bits per heavy atom. The number of amides is 11. The molecule has 5 aliphatic rings. The predicted octanol–water partition coefficient (Wildman–Crippen LogP) is 4.45. The molecule has 0 bridgehead atoms. The normalized spacial score (nSPS) is 30.0. The van der Waals surface area contributed by atoms with Crippen LogP contribution in [-0.2, 0) is 52.7 Å². The van der Waals surface area contributed by atoms with Crippen LogP contribution in [0.4, 0.5) is 13.2 Å². The highest BCUT2D eigenvalue weighted by Gasteiger charge is 2.56. The topological polar surface area (TPSA) is 259 Å². The zero-order valence-electron chi connectivity index (χ0n) is 54.3. The lowest BCUT2D eigenvalue weighted by Gasteiger charge is -2.36. The molecule has 498 valence electrons. The highest BCUT2D eigenvalue weighted by atomic mass is 35.5. The molecule has 3 aliphatic carbocycles. The molecule has 0 radical (unpaired) electrons. The van der Waals surface area contributed by atoms with E-state index in [2.05, 4.69) is 21.3 Å². The lowest BCUT2D eigenvalue weighted by molar-refractivity contribution is -0.182. The summed E-state index contributed by atoms with van der Waals surface area (Å²) in [6.45, 7) is 11.0. The number of halogens is 4. The molecule has 3 saturated carbocycles. The Morgan fingerprint density at radius 1 is 0.625 bits per heavy atom. The second-order valence-corrected chi connectivity index (χ2v) is 27.5. The highest BCUT2D eigenvalue weighted by molar-refractivity contribution is 6.20. The fourth-order valence-corrected chi connectivity index (χ4v) is 13.7. The molecule has 0 aromatic heterocycles. The fraction of sp³-hybridized carbons (Fsp3) is 0.823. The Kier molecular flexibility index (Phi) is 26.4. The van der Waals surface area contributed by atoms with Crippen LogP contribution in [0.2, 0.25) is 0 Å². The van der Waals surface area contributed by atoms with E-state index < -0.39 is 162 Å². The van der Waals surface area contributed by atoms with Gasteiger partial charge in [-0.3, -0.25) is 52.7 Å². The Balaban J connectivity index is 1.50. The van der Waals surface area contributed by atoms with Gasteiger partial charge in [-0.1, -0.05) is 80.1 Å². The number of rotatable bonds is 10. The Bertz CT molecular complexity index is 2520. The lowest BCUT2D eigenvalue weighted by atomic mass is 9.78. The molecule has 2 aliphatic heterocycles.